The van der Waals surface area contributed by atoms with E-state index in [1.807, 2.05) is 6.08 Å². The highest BCUT2D eigenvalue weighted by atomic mass is 16.4. The van der Waals surface area contributed by atoms with E-state index >= 15 is 0 Å². The number of aliphatic carboxylic acids is 1. The van der Waals surface area contributed by atoms with Crippen molar-refractivity contribution in [1.29, 1.82) is 0 Å². The second-order valence-electron chi connectivity index (χ2n) is 5.49. The van der Waals surface area contributed by atoms with Gasteiger partial charge in [-0.3, -0.25) is 4.79 Å². The maximum absolute atomic E-state index is 11.1. The molecule has 1 N–H and O–H groups in total. The summed E-state index contributed by atoms with van der Waals surface area (Å²) in [6.07, 6.45) is 18.7. The molecule has 0 spiro atoms. The summed E-state index contributed by atoms with van der Waals surface area (Å²) >= 11 is 0. The van der Waals surface area contributed by atoms with Crippen LogP contribution in [0.5, 0.6) is 0 Å². The molecule has 0 amide bonds. The Kier molecular flexibility index (Phi) is 8.62. The Morgan fingerprint density at radius 1 is 0.833 bits per heavy atom. The molecule has 2 nitrogen and oxygen atoms in total. The Morgan fingerprint density at radius 2 is 1.33 bits per heavy atom. The van der Waals surface area contributed by atoms with Gasteiger partial charge in [-0.05, 0) is 19.3 Å². The normalized spacial score (nSPS) is 25.0. The largest absolute Gasteiger partial charge is 0.481 e. The van der Waals surface area contributed by atoms with Gasteiger partial charge in [0.2, 0.25) is 0 Å². The van der Waals surface area contributed by atoms with E-state index in [2.05, 4.69) is 6.08 Å². The fourth-order valence-electron chi connectivity index (χ4n) is 2.60. The van der Waals surface area contributed by atoms with Crippen molar-refractivity contribution in [1.82, 2.24) is 0 Å². The molecule has 0 aromatic heterocycles. The van der Waals surface area contributed by atoms with Gasteiger partial charge in [-0.2, -0.15) is 0 Å². The molecule has 0 saturated heterocycles. The van der Waals surface area contributed by atoms with Crippen LogP contribution in [0, 0.1) is 5.92 Å². The van der Waals surface area contributed by atoms with Crippen LogP contribution in [0.1, 0.15) is 77.0 Å². The Morgan fingerprint density at radius 3 is 1.89 bits per heavy atom. The van der Waals surface area contributed by atoms with E-state index in [4.69, 9.17) is 5.11 Å². The third-order valence-corrected chi connectivity index (χ3v) is 3.82. The van der Waals surface area contributed by atoms with Crippen molar-refractivity contribution in [2.24, 2.45) is 5.92 Å². The first kappa shape index (κ1) is 15.3. The van der Waals surface area contributed by atoms with Crippen LogP contribution in [0.2, 0.25) is 0 Å². The van der Waals surface area contributed by atoms with Crippen molar-refractivity contribution in [3.8, 4) is 0 Å². The van der Waals surface area contributed by atoms with Gasteiger partial charge in [-0.25, -0.2) is 0 Å². The Balaban J connectivity index is 2.35. The predicted octanol–water partition coefficient (Wildman–Crippen LogP) is 4.94. The third-order valence-electron chi connectivity index (χ3n) is 3.82. The highest BCUT2D eigenvalue weighted by molar-refractivity contribution is 5.72. The lowest BCUT2D eigenvalue weighted by molar-refractivity contribution is -0.140. The molecule has 18 heavy (non-hydrogen) atoms. The summed E-state index contributed by atoms with van der Waals surface area (Å²) in [6, 6.07) is 0. The number of allylic oxidation sites excluding steroid dienone is 1. The molecule has 0 radical (unpaired) electrons. The van der Waals surface area contributed by atoms with Crippen LogP contribution in [0.3, 0.4) is 0 Å². The number of hydrogen-bond donors (Lipinski definition) is 1. The first-order valence-corrected chi connectivity index (χ1v) is 7.70. The number of hydrogen-bond acceptors (Lipinski definition) is 1. The van der Waals surface area contributed by atoms with Crippen molar-refractivity contribution in [2.45, 2.75) is 77.0 Å². The molecule has 0 aromatic carbocycles. The van der Waals surface area contributed by atoms with Crippen LogP contribution < -0.4 is 0 Å². The van der Waals surface area contributed by atoms with E-state index < -0.39 is 5.97 Å². The minimum absolute atomic E-state index is 0.255. The maximum atomic E-state index is 11.1. The summed E-state index contributed by atoms with van der Waals surface area (Å²) in [7, 11) is 0. The van der Waals surface area contributed by atoms with E-state index in [0.717, 1.165) is 19.3 Å². The lowest BCUT2D eigenvalue weighted by atomic mass is 9.99. The van der Waals surface area contributed by atoms with E-state index in [1.165, 1.54) is 57.8 Å². The van der Waals surface area contributed by atoms with E-state index in [0.29, 0.717) is 0 Å². The Labute approximate surface area is 111 Å². The molecular weight excluding hydrogens is 224 g/mol. The van der Waals surface area contributed by atoms with Gasteiger partial charge in [0.15, 0.2) is 0 Å². The molecule has 0 saturated carbocycles. The third kappa shape index (κ3) is 7.52. The average Bonchev–Trinajstić information content (AvgIpc) is 2.36. The van der Waals surface area contributed by atoms with Crippen molar-refractivity contribution in [2.75, 3.05) is 0 Å². The molecule has 0 bridgehead atoms. The van der Waals surface area contributed by atoms with Crippen molar-refractivity contribution in [3.05, 3.63) is 12.2 Å². The summed E-state index contributed by atoms with van der Waals surface area (Å²) in [5, 5.41) is 9.14. The monoisotopic (exact) mass is 252 g/mol. The van der Waals surface area contributed by atoms with Crippen molar-refractivity contribution in [3.63, 3.8) is 0 Å². The van der Waals surface area contributed by atoms with Gasteiger partial charge in [0.05, 0.1) is 5.92 Å². The van der Waals surface area contributed by atoms with Gasteiger partial charge in [-0.15, -0.1) is 0 Å². The smallest absolute Gasteiger partial charge is 0.310 e. The molecule has 1 aliphatic carbocycles. The zero-order chi connectivity index (χ0) is 13.1. The van der Waals surface area contributed by atoms with E-state index in [-0.39, 0.29) is 5.92 Å². The molecule has 1 rings (SSSR count). The molecule has 1 aliphatic rings. The average molecular weight is 252 g/mol. The van der Waals surface area contributed by atoms with Crippen LogP contribution in [0.25, 0.3) is 0 Å². The zero-order valence-corrected chi connectivity index (χ0v) is 11.6. The predicted molar refractivity (Wildman–Crippen MR) is 75.7 cm³/mol. The van der Waals surface area contributed by atoms with Crippen LogP contribution in [-0.4, -0.2) is 11.1 Å². The molecular formula is C16H28O2. The number of carbonyl (C=O) groups is 1. The lowest BCUT2D eigenvalue weighted by Crippen LogP contribution is -2.10. The van der Waals surface area contributed by atoms with Crippen molar-refractivity contribution < 1.29 is 9.90 Å². The van der Waals surface area contributed by atoms with Crippen LogP contribution in [0.4, 0.5) is 0 Å². The summed E-state index contributed by atoms with van der Waals surface area (Å²) in [4.78, 5) is 11.1. The Hall–Kier alpha value is -0.790. The second-order valence-corrected chi connectivity index (χ2v) is 5.49. The first-order valence-electron chi connectivity index (χ1n) is 7.70. The molecule has 2 heteroatoms. The molecule has 0 aliphatic heterocycles. The lowest BCUT2D eigenvalue weighted by Gasteiger charge is -2.07. The minimum atomic E-state index is -0.657. The summed E-state index contributed by atoms with van der Waals surface area (Å²) in [5.41, 5.74) is 0. The Bertz CT molecular complexity index is 245. The highest BCUT2D eigenvalue weighted by Crippen LogP contribution is 2.17. The highest BCUT2D eigenvalue weighted by Gasteiger charge is 2.12. The molecule has 0 heterocycles. The summed E-state index contributed by atoms with van der Waals surface area (Å²) in [6.45, 7) is 0. The topological polar surface area (TPSA) is 37.3 Å². The summed E-state index contributed by atoms with van der Waals surface area (Å²) in [5.74, 6) is -0.911. The summed E-state index contributed by atoms with van der Waals surface area (Å²) < 4.78 is 0. The minimum Gasteiger partial charge on any atom is -0.481 e. The van der Waals surface area contributed by atoms with Gasteiger partial charge in [0, 0.05) is 0 Å². The van der Waals surface area contributed by atoms with Gasteiger partial charge in [0.1, 0.15) is 0 Å². The van der Waals surface area contributed by atoms with Crippen LogP contribution in [-0.2, 0) is 4.79 Å². The van der Waals surface area contributed by atoms with Gasteiger partial charge < -0.3 is 5.11 Å². The SMILES string of the molecule is O=C(O)C1C=CCCCCCCCCCCCC1. The van der Waals surface area contributed by atoms with Crippen LogP contribution in [0.15, 0.2) is 12.2 Å². The molecule has 1 atom stereocenters. The first-order chi connectivity index (χ1) is 8.80. The zero-order valence-electron chi connectivity index (χ0n) is 11.6. The van der Waals surface area contributed by atoms with E-state index in [1.54, 1.807) is 0 Å². The number of carboxylic acids is 1. The quantitative estimate of drug-likeness (QED) is 0.671. The standard InChI is InChI=1S/C16H28O2/c17-16(18)15-13-11-9-7-5-3-1-2-4-6-8-10-12-14-15/h11,13,15H,1-10,12,14H2,(H,17,18). The molecule has 0 aromatic rings. The second kappa shape index (κ2) is 10.2. The number of rotatable bonds is 1. The maximum Gasteiger partial charge on any atom is 0.310 e. The van der Waals surface area contributed by atoms with Gasteiger partial charge in [-0.1, -0.05) is 69.9 Å². The molecule has 0 fully saturated rings. The van der Waals surface area contributed by atoms with Gasteiger partial charge in [0.25, 0.3) is 0 Å². The van der Waals surface area contributed by atoms with Gasteiger partial charge >= 0.3 is 5.97 Å². The van der Waals surface area contributed by atoms with E-state index in [9.17, 15) is 4.79 Å². The fraction of sp³-hybridized carbons (Fsp3) is 0.812. The molecule has 104 valence electrons. The van der Waals surface area contributed by atoms with Crippen molar-refractivity contribution >= 4 is 5.97 Å². The van der Waals surface area contributed by atoms with Crippen LogP contribution >= 0.6 is 0 Å². The number of carboxylic acid groups (broad SMARTS) is 1. The molecule has 1 unspecified atom stereocenters. The fourth-order valence-corrected chi connectivity index (χ4v) is 2.60.